The van der Waals surface area contributed by atoms with Gasteiger partial charge >= 0.3 is 0 Å². The average molecular weight is 441 g/mol. The zero-order valence-electron chi connectivity index (χ0n) is 17.2. The first-order valence-corrected chi connectivity index (χ1v) is 11.1. The molecule has 3 heterocycles. The van der Waals surface area contributed by atoms with E-state index in [4.69, 9.17) is 10.8 Å². The summed E-state index contributed by atoms with van der Waals surface area (Å²) in [5.41, 5.74) is 12.0. The molecule has 7 nitrogen and oxygen atoms in total. The number of anilines is 3. The van der Waals surface area contributed by atoms with Crippen molar-refractivity contribution in [2.24, 2.45) is 10.7 Å². The summed E-state index contributed by atoms with van der Waals surface area (Å²) in [4.78, 5) is 7.00. The maximum absolute atomic E-state index is 9.67. The number of phenolic OH excluding ortho intramolecular Hbond substituents is 1. The van der Waals surface area contributed by atoms with E-state index in [1.54, 1.807) is 23.9 Å². The summed E-state index contributed by atoms with van der Waals surface area (Å²) in [5, 5.41) is 21.2. The maximum Gasteiger partial charge on any atom is 0.195 e. The maximum atomic E-state index is 9.67. The highest BCUT2D eigenvalue weighted by atomic mass is 32.2. The number of para-hydroxylation sites is 1. The first-order chi connectivity index (χ1) is 15.6. The van der Waals surface area contributed by atoms with Crippen LogP contribution in [0, 0.1) is 6.92 Å². The number of nitrogens with one attached hydrogen (secondary N) is 2. The van der Waals surface area contributed by atoms with E-state index in [1.807, 2.05) is 35.9 Å². The van der Waals surface area contributed by atoms with Gasteiger partial charge in [-0.05, 0) is 55.0 Å². The zero-order chi connectivity index (χ0) is 21.8. The number of rotatable bonds is 2. The van der Waals surface area contributed by atoms with Crippen molar-refractivity contribution < 1.29 is 5.11 Å². The fraction of sp³-hybridized carbons (Fsp3) is 0.0833. The Morgan fingerprint density at radius 2 is 1.75 bits per heavy atom. The zero-order valence-corrected chi connectivity index (χ0v) is 18.0. The van der Waals surface area contributed by atoms with Crippen LogP contribution in [0.4, 0.5) is 17.2 Å². The first-order valence-electron chi connectivity index (χ1n) is 10.2. The molecule has 1 aromatic heterocycles. The molecule has 0 fully saturated rings. The van der Waals surface area contributed by atoms with Gasteiger partial charge in [-0.15, -0.1) is 0 Å². The molecule has 0 saturated heterocycles. The number of fused-ring (bicyclic) bond motifs is 3. The normalized spacial score (nSPS) is 16.2. The topological polar surface area (TPSA) is 100 Å². The van der Waals surface area contributed by atoms with Gasteiger partial charge in [0.25, 0.3) is 0 Å². The molecular weight excluding hydrogens is 420 g/mol. The molecule has 0 aliphatic carbocycles. The van der Waals surface area contributed by atoms with Crippen molar-refractivity contribution in [3.8, 4) is 11.4 Å². The highest BCUT2D eigenvalue weighted by molar-refractivity contribution is 7.99. The highest BCUT2D eigenvalue weighted by Crippen LogP contribution is 2.45. The van der Waals surface area contributed by atoms with Crippen LogP contribution >= 0.6 is 11.8 Å². The van der Waals surface area contributed by atoms with E-state index in [1.165, 1.54) is 9.79 Å². The third-order valence-electron chi connectivity index (χ3n) is 5.69. The van der Waals surface area contributed by atoms with Gasteiger partial charge in [0.1, 0.15) is 17.6 Å². The summed E-state index contributed by atoms with van der Waals surface area (Å²) in [6.07, 6.45) is 0. The van der Waals surface area contributed by atoms with E-state index in [-0.39, 0.29) is 11.8 Å². The summed E-state index contributed by atoms with van der Waals surface area (Å²) in [6, 6.07) is 21.3. The molecule has 0 spiro atoms. The lowest BCUT2D eigenvalue weighted by molar-refractivity contribution is 0.475. The molecule has 8 heteroatoms. The van der Waals surface area contributed by atoms with Crippen LogP contribution in [0.1, 0.15) is 22.9 Å². The Kier molecular flexibility index (Phi) is 4.16. The van der Waals surface area contributed by atoms with Crippen molar-refractivity contribution in [1.29, 1.82) is 0 Å². The first kappa shape index (κ1) is 18.8. The van der Waals surface area contributed by atoms with Crippen LogP contribution in [0.15, 0.2) is 81.5 Å². The lowest BCUT2D eigenvalue weighted by Gasteiger charge is -2.23. The van der Waals surface area contributed by atoms with Crippen molar-refractivity contribution in [3.63, 3.8) is 0 Å². The molecule has 3 aromatic carbocycles. The quantitative estimate of drug-likeness (QED) is 0.311. The van der Waals surface area contributed by atoms with E-state index < -0.39 is 0 Å². The predicted molar refractivity (Wildman–Crippen MR) is 127 cm³/mol. The van der Waals surface area contributed by atoms with Gasteiger partial charge in [-0.3, -0.25) is 0 Å². The van der Waals surface area contributed by atoms with Gasteiger partial charge in [-0.1, -0.05) is 36.0 Å². The lowest BCUT2D eigenvalue weighted by atomic mass is 9.98. The van der Waals surface area contributed by atoms with Crippen molar-refractivity contribution in [3.05, 3.63) is 83.6 Å². The highest BCUT2D eigenvalue weighted by Gasteiger charge is 2.29. The molecule has 0 bridgehead atoms. The summed E-state index contributed by atoms with van der Waals surface area (Å²) in [7, 11) is 0. The second-order valence-electron chi connectivity index (χ2n) is 7.80. The van der Waals surface area contributed by atoms with Gasteiger partial charge in [0, 0.05) is 15.4 Å². The largest absolute Gasteiger partial charge is 0.508 e. The SMILES string of the molecule is Cc1nn(-c2ccc3c(c2)Nc2ccccc2S3)c2c1C(c1ccc(O)cc1)N=C(N)N2. The minimum atomic E-state index is -0.293. The second kappa shape index (κ2) is 7.06. The van der Waals surface area contributed by atoms with Gasteiger partial charge in [0.15, 0.2) is 5.96 Å². The number of aliphatic imine (C=N–C) groups is 1. The molecule has 4 aromatic rings. The second-order valence-corrected chi connectivity index (χ2v) is 8.88. The monoisotopic (exact) mass is 440 g/mol. The Balaban J connectivity index is 1.43. The number of benzene rings is 3. The van der Waals surface area contributed by atoms with E-state index >= 15 is 0 Å². The summed E-state index contributed by atoms with van der Waals surface area (Å²) < 4.78 is 1.88. The minimum Gasteiger partial charge on any atom is -0.508 e. The molecule has 1 atom stereocenters. The molecule has 0 amide bonds. The molecule has 6 rings (SSSR count). The Labute approximate surface area is 189 Å². The molecule has 0 saturated carbocycles. The number of hydrogen-bond acceptors (Lipinski definition) is 7. The van der Waals surface area contributed by atoms with Gasteiger partial charge in [0.2, 0.25) is 0 Å². The van der Waals surface area contributed by atoms with Crippen LogP contribution in [0.3, 0.4) is 0 Å². The van der Waals surface area contributed by atoms with Crippen molar-refractivity contribution >= 4 is 34.9 Å². The Morgan fingerprint density at radius 3 is 2.59 bits per heavy atom. The van der Waals surface area contributed by atoms with Crippen molar-refractivity contribution in [2.45, 2.75) is 22.8 Å². The third kappa shape index (κ3) is 2.99. The van der Waals surface area contributed by atoms with Crippen LogP contribution in [0.2, 0.25) is 0 Å². The van der Waals surface area contributed by atoms with Crippen LogP contribution < -0.4 is 16.4 Å². The number of guanidine groups is 1. The van der Waals surface area contributed by atoms with Crippen molar-refractivity contribution in [2.75, 3.05) is 10.6 Å². The van der Waals surface area contributed by atoms with Crippen LogP contribution in [-0.2, 0) is 0 Å². The molecule has 32 heavy (non-hydrogen) atoms. The lowest BCUT2D eigenvalue weighted by Crippen LogP contribution is -2.29. The Hall–Kier alpha value is -3.91. The van der Waals surface area contributed by atoms with Crippen LogP contribution in [0.25, 0.3) is 5.69 Å². The third-order valence-corrected chi connectivity index (χ3v) is 6.84. The van der Waals surface area contributed by atoms with E-state index in [0.29, 0.717) is 5.96 Å². The summed E-state index contributed by atoms with van der Waals surface area (Å²) in [6.45, 7) is 1.98. The fourth-order valence-electron chi connectivity index (χ4n) is 4.19. The van der Waals surface area contributed by atoms with Gasteiger partial charge < -0.3 is 21.5 Å². The number of aryl methyl sites for hydroxylation is 1. The molecular formula is C24H20N6OS. The van der Waals surface area contributed by atoms with E-state index in [9.17, 15) is 5.11 Å². The standard InChI is InChI=1S/C24H20N6OS/c1-13-21-22(14-6-9-16(31)10-7-14)27-24(25)28-23(21)30(29-13)15-8-11-20-18(12-15)26-17-4-2-3-5-19(17)32-20/h2-12,22,26,31H,1H3,(H3,25,27,28). The number of phenols is 1. The Morgan fingerprint density at radius 1 is 0.969 bits per heavy atom. The molecule has 158 valence electrons. The number of aromatic hydroxyl groups is 1. The van der Waals surface area contributed by atoms with Gasteiger partial charge in [-0.25, -0.2) is 9.67 Å². The molecule has 2 aliphatic rings. The van der Waals surface area contributed by atoms with Gasteiger partial charge in [0.05, 0.1) is 22.8 Å². The van der Waals surface area contributed by atoms with Gasteiger partial charge in [-0.2, -0.15) is 5.10 Å². The molecule has 1 unspecified atom stereocenters. The van der Waals surface area contributed by atoms with E-state index in [0.717, 1.165) is 39.7 Å². The number of nitrogens with zero attached hydrogens (tertiary/aromatic N) is 3. The van der Waals surface area contributed by atoms with Crippen molar-refractivity contribution in [1.82, 2.24) is 9.78 Å². The smallest absolute Gasteiger partial charge is 0.195 e. The Bertz CT molecular complexity index is 1390. The molecule has 0 radical (unpaired) electrons. The number of hydrogen-bond donors (Lipinski definition) is 4. The number of aromatic nitrogens is 2. The minimum absolute atomic E-state index is 0.216. The predicted octanol–water partition coefficient (Wildman–Crippen LogP) is 4.92. The summed E-state index contributed by atoms with van der Waals surface area (Å²) >= 11 is 1.75. The van der Waals surface area contributed by atoms with Crippen LogP contribution in [0.5, 0.6) is 5.75 Å². The average Bonchev–Trinajstić information content (AvgIpc) is 3.13. The molecule has 5 N–H and O–H groups in total. The number of nitrogens with two attached hydrogens (primary N) is 1. The van der Waals surface area contributed by atoms with E-state index in [2.05, 4.69) is 46.0 Å². The fourth-order valence-corrected chi connectivity index (χ4v) is 5.16. The summed E-state index contributed by atoms with van der Waals surface area (Å²) in [5.74, 6) is 1.35. The molecule has 2 aliphatic heterocycles. The van der Waals surface area contributed by atoms with Crippen LogP contribution in [-0.4, -0.2) is 20.8 Å².